The van der Waals surface area contributed by atoms with Gasteiger partial charge in [-0.15, -0.1) is 35.9 Å². The Morgan fingerprint density at radius 3 is 2.36 bits per heavy atom. The number of halogens is 1. The van der Waals surface area contributed by atoms with E-state index in [1.807, 2.05) is 54.7 Å². The smallest absolute Gasteiger partial charge is 0.254 e. The maximum Gasteiger partial charge on any atom is 0.254 e. The number of thioether (sulfide) groups is 2. The van der Waals surface area contributed by atoms with Crippen molar-refractivity contribution in [3.8, 4) is 0 Å². The molecule has 0 spiro atoms. The van der Waals surface area contributed by atoms with Crippen molar-refractivity contribution >= 4 is 41.8 Å². The Morgan fingerprint density at radius 1 is 1.03 bits per heavy atom. The fourth-order valence-corrected chi connectivity index (χ4v) is 7.83. The number of carbonyl (C=O) groups excluding carboxylic acids is 1. The van der Waals surface area contributed by atoms with E-state index in [1.165, 1.54) is 11.1 Å². The third-order valence-corrected chi connectivity index (χ3v) is 9.57. The van der Waals surface area contributed by atoms with Crippen LogP contribution in [0.15, 0.2) is 65.1 Å². The first kappa shape index (κ1) is 24.3. The zero-order valence-corrected chi connectivity index (χ0v) is 21.4. The van der Waals surface area contributed by atoms with Crippen LogP contribution in [0.4, 0.5) is 0 Å². The van der Waals surface area contributed by atoms with Gasteiger partial charge in [-0.05, 0) is 43.4 Å². The highest BCUT2D eigenvalue weighted by molar-refractivity contribution is 8.20. The maximum atomic E-state index is 13.3. The van der Waals surface area contributed by atoms with Crippen molar-refractivity contribution in [2.45, 2.75) is 23.6 Å². The topological polar surface area (TPSA) is 36.7 Å². The number of benzene rings is 2. The summed E-state index contributed by atoms with van der Waals surface area (Å²) in [5.74, 6) is 4.36. The number of carbonyl (C=O) groups is 1. The van der Waals surface area contributed by atoms with Crippen molar-refractivity contribution in [1.29, 1.82) is 0 Å². The van der Waals surface area contributed by atoms with E-state index in [2.05, 4.69) is 53.4 Å². The van der Waals surface area contributed by atoms with E-state index >= 15 is 0 Å². The quantitative estimate of drug-likeness (QED) is 0.453. The maximum absolute atomic E-state index is 13.3. The molecule has 0 aliphatic carbocycles. The van der Waals surface area contributed by atoms with Gasteiger partial charge in [-0.25, -0.2) is 0 Å². The van der Waals surface area contributed by atoms with Crippen molar-refractivity contribution in [2.75, 3.05) is 32.1 Å². The SMILES string of the molecule is CN(C)Cc1cc2c(o1)CCN(C(=O)c1ccc(C3(c4ccccc4)SCCS3)cc1)C2.Cl. The third kappa shape index (κ3) is 4.85. The van der Waals surface area contributed by atoms with Crippen LogP contribution in [0.2, 0.25) is 0 Å². The summed E-state index contributed by atoms with van der Waals surface area (Å²) in [5.41, 5.74) is 4.48. The van der Waals surface area contributed by atoms with Crippen molar-refractivity contribution in [3.05, 3.63) is 94.4 Å². The lowest BCUT2D eigenvalue weighted by Gasteiger charge is -2.29. The first-order chi connectivity index (χ1) is 15.5. The third-order valence-electron chi connectivity index (χ3n) is 6.04. The van der Waals surface area contributed by atoms with Crippen molar-refractivity contribution in [1.82, 2.24) is 9.80 Å². The van der Waals surface area contributed by atoms with Crippen LogP contribution in [0, 0.1) is 0 Å². The number of rotatable bonds is 5. The summed E-state index contributed by atoms with van der Waals surface area (Å²) in [6, 6.07) is 21.1. The molecule has 4 nitrogen and oxygen atoms in total. The molecule has 5 rings (SSSR count). The molecule has 0 atom stereocenters. The van der Waals surface area contributed by atoms with E-state index in [0.29, 0.717) is 13.1 Å². The summed E-state index contributed by atoms with van der Waals surface area (Å²) < 4.78 is 5.91. The average Bonchev–Trinajstić information content (AvgIpc) is 3.46. The highest BCUT2D eigenvalue weighted by Crippen LogP contribution is 2.56. The Kier molecular flexibility index (Phi) is 7.49. The van der Waals surface area contributed by atoms with Gasteiger partial charge in [0, 0.05) is 42.1 Å². The van der Waals surface area contributed by atoms with E-state index in [0.717, 1.165) is 47.1 Å². The van der Waals surface area contributed by atoms with E-state index in [9.17, 15) is 4.79 Å². The van der Waals surface area contributed by atoms with Gasteiger partial charge in [0.25, 0.3) is 5.91 Å². The van der Waals surface area contributed by atoms with Gasteiger partial charge >= 0.3 is 0 Å². The molecular formula is C26H29ClN2O2S2. The van der Waals surface area contributed by atoms with Gasteiger partial charge < -0.3 is 14.2 Å². The minimum atomic E-state index is -0.0809. The summed E-state index contributed by atoms with van der Waals surface area (Å²) in [6.07, 6.45) is 0.775. The van der Waals surface area contributed by atoms with Crippen LogP contribution in [-0.4, -0.2) is 47.9 Å². The second-order valence-electron chi connectivity index (χ2n) is 8.63. The summed E-state index contributed by atoms with van der Waals surface area (Å²) in [6.45, 7) is 2.09. The monoisotopic (exact) mass is 500 g/mol. The highest BCUT2D eigenvalue weighted by Gasteiger charge is 2.39. The molecule has 0 saturated carbocycles. The van der Waals surface area contributed by atoms with Gasteiger partial charge in [0.2, 0.25) is 0 Å². The van der Waals surface area contributed by atoms with Gasteiger partial charge in [0.05, 0.1) is 6.54 Å². The number of amides is 1. The molecule has 1 aromatic heterocycles. The molecule has 0 radical (unpaired) electrons. The molecular weight excluding hydrogens is 472 g/mol. The second-order valence-corrected chi connectivity index (χ2v) is 11.5. The van der Waals surface area contributed by atoms with Crippen molar-refractivity contribution in [3.63, 3.8) is 0 Å². The van der Waals surface area contributed by atoms with E-state index < -0.39 is 0 Å². The molecule has 0 unspecified atom stereocenters. The largest absolute Gasteiger partial charge is 0.464 e. The molecule has 2 aromatic carbocycles. The molecule has 1 fully saturated rings. The number of hydrogen-bond acceptors (Lipinski definition) is 5. The fraction of sp³-hybridized carbons (Fsp3) is 0.346. The van der Waals surface area contributed by atoms with Gasteiger partial charge in [-0.1, -0.05) is 42.5 Å². The fourth-order valence-electron chi connectivity index (χ4n) is 4.54. The molecule has 1 amide bonds. The van der Waals surface area contributed by atoms with Gasteiger partial charge in [0.1, 0.15) is 15.6 Å². The van der Waals surface area contributed by atoms with Crippen LogP contribution in [0.25, 0.3) is 0 Å². The Balaban J connectivity index is 0.00000259. The summed E-state index contributed by atoms with van der Waals surface area (Å²) >= 11 is 3.98. The Hall–Kier alpha value is -1.86. The van der Waals surface area contributed by atoms with Crippen molar-refractivity contribution in [2.24, 2.45) is 0 Å². The highest BCUT2D eigenvalue weighted by atomic mass is 35.5. The zero-order chi connectivity index (χ0) is 22.1. The van der Waals surface area contributed by atoms with Crippen molar-refractivity contribution < 1.29 is 9.21 Å². The molecule has 0 bridgehead atoms. The molecule has 2 aliphatic heterocycles. The minimum absolute atomic E-state index is 0. The van der Waals surface area contributed by atoms with Crippen LogP contribution in [-0.2, 0) is 23.6 Å². The Labute approximate surface area is 210 Å². The predicted molar refractivity (Wildman–Crippen MR) is 140 cm³/mol. The van der Waals surface area contributed by atoms with E-state index in [4.69, 9.17) is 4.42 Å². The summed E-state index contributed by atoms with van der Waals surface area (Å²) in [7, 11) is 4.07. The van der Waals surface area contributed by atoms with Gasteiger partial charge in [-0.3, -0.25) is 4.79 Å². The first-order valence-electron chi connectivity index (χ1n) is 11.0. The molecule has 0 N–H and O–H groups in total. The Morgan fingerprint density at radius 2 is 1.70 bits per heavy atom. The lowest BCUT2D eigenvalue weighted by Crippen LogP contribution is -2.35. The molecule has 1 saturated heterocycles. The molecule has 2 aliphatic rings. The average molecular weight is 501 g/mol. The summed E-state index contributed by atoms with van der Waals surface area (Å²) in [5, 5.41) is 0. The van der Waals surface area contributed by atoms with E-state index in [-0.39, 0.29) is 22.4 Å². The van der Waals surface area contributed by atoms with Crippen LogP contribution in [0.5, 0.6) is 0 Å². The molecule has 174 valence electrons. The molecule has 7 heteroatoms. The Bertz CT molecular complexity index is 1090. The number of hydrogen-bond donors (Lipinski definition) is 0. The van der Waals surface area contributed by atoms with Crippen LogP contribution in [0.3, 0.4) is 0 Å². The van der Waals surface area contributed by atoms with Crippen LogP contribution >= 0.6 is 35.9 Å². The minimum Gasteiger partial charge on any atom is -0.464 e. The first-order valence-corrected chi connectivity index (χ1v) is 13.0. The van der Waals surface area contributed by atoms with Gasteiger partial charge in [-0.2, -0.15) is 0 Å². The number of nitrogens with zero attached hydrogens (tertiary/aromatic N) is 2. The predicted octanol–water partition coefficient (Wildman–Crippen LogP) is 5.64. The second kappa shape index (κ2) is 10.2. The standard InChI is InChI=1S/C26H28N2O2S2.ClH/c1-27(2)18-23-16-20-17-28(13-12-24(20)30-23)25(29)19-8-10-22(11-9-19)26(31-14-15-32-26)21-6-4-3-5-7-21;/h3-11,16H,12-15,17-18H2,1-2H3;1H. The number of furan rings is 1. The number of fused-ring (bicyclic) bond motifs is 1. The lowest BCUT2D eigenvalue weighted by molar-refractivity contribution is 0.0729. The van der Waals surface area contributed by atoms with Crippen LogP contribution in [0.1, 0.15) is 38.6 Å². The summed E-state index contributed by atoms with van der Waals surface area (Å²) in [4.78, 5) is 17.3. The molecule has 3 heterocycles. The molecule has 33 heavy (non-hydrogen) atoms. The zero-order valence-electron chi connectivity index (χ0n) is 19.0. The van der Waals surface area contributed by atoms with Gasteiger partial charge in [0.15, 0.2) is 0 Å². The normalized spacial score (nSPS) is 17.0. The molecule has 3 aromatic rings. The van der Waals surface area contributed by atoms with E-state index in [1.54, 1.807) is 0 Å². The lowest BCUT2D eigenvalue weighted by atomic mass is 10.0. The van der Waals surface area contributed by atoms with Crippen LogP contribution < -0.4 is 0 Å².